The molecular weight excluding hydrogens is 2070 g/mol. The summed E-state index contributed by atoms with van der Waals surface area (Å²) < 4.78 is 0. The van der Waals surface area contributed by atoms with Crippen LogP contribution in [-0.2, 0) is 0 Å². The summed E-state index contributed by atoms with van der Waals surface area (Å²) in [6.45, 7) is 20.5. The molecule has 0 N–H and O–H groups in total. The molecule has 808 valence electrons. The maximum absolute atomic E-state index is 2.65. The van der Waals surface area contributed by atoms with Gasteiger partial charge in [-0.05, 0) is 509 Å². The zero-order valence-corrected chi connectivity index (χ0v) is 108. The van der Waals surface area contributed by atoms with E-state index in [0.29, 0.717) is 79.2 Å². The summed E-state index contributed by atoms with van der Waals surface area (Å²) in [7, 11) is 4.19. The van der Waals surface area contributed by atoms with Crippen molar-refractivity contribution in [1.82, 2.24) is 0 Å². The maximum atomic E-state index is 2.65. The average Bonchev–Trinajstić information content (AvgIpc) is 1.74. The van der Waals surface area contributed by atoms with Gasteiger partial charge in [0.2, 0.25) is 0 Å². The number of hydrogen-bond acceptors (Lipinski definition) is 0. The van der Waals surface area contributed by atoms with E-state index in [1.807, 2.05) is 0 Å². The van der Waals surface area contributed by atoms with Crippen molar-refractivity contribution in [2.75, 3.05) is 133 Å². The molecular formula is C131H204P16. The largest absolute Gasteiger partial charge is 0.107 e. The van der Waals surface area contributed by atoms with E-state index in [-0.39, 0.29) is 47.5 Å². The molecule has 0 radical (unpaired) electrons. The van der Waals surface area contributed by atoms with Gasteiger partial charge in [-0.3, -0.25) is 0 Å². The standard InChI is InChI=1S/C22H22P2.C21H38P2.C21H26P2.C17H32P2.C17H20P2.C12H24P2.C11H22P2.C10H20P2/c1-4-11-19(12-5-1)23-18-10-17-22(23)24(20-13-6-2-7-14-20)21-15-8-3-9-16-21;2*1-3-9-18(10-4-1)22-15-7-13-20(22)17-21-14-8-16-23(21)19-11-5-2-6-12-19;2*1-18-14-8-13-17(18)19(15-9-4-2-5-10-15)16-11-6-3-7-12-16;1-13-9-5-3-7-11(13)12-8-4-6-10-14(12)2;1-12-7-3-5-10(12)9-11-6-4-8-13(11)2;1-11-7-3-5-9(11)10-6-4-8-12(10)2/h1-9,11-16,22H,10,17-18H2;18-21H,1-17H2;1-6,9-12,20-21H,7-8,13-17H2;15-17H,2-14H2,1H3;2-7,9-12,17H,8,13-14H2,1H3;11-12H,3-10H2,1-2H3;10-11H,3-9H2,1-2H3;9-10H,3-8H2,1-2H3/t22-,23-;20-,21-,22-,23-;20-,21-,22-,23+;2*17-,18-;11-,12-,13+,14+;10-,11-,12+,13+;9-,10-,11+,12+/m01100111/s1. The summed E-state index contributed by atoms with van der Waals surface area (Å²) in [6.07, 6.45) is 99.6. The Hall–Kier alpha value is 1.42. The molecule has 26 atom stereocenters. The van der Waals surface area contributed by atoms with Gasteiger partial charge in [0.25, 0.3) is 0 Å². The van der Waals surface area contributed by atoms with Crippen molar-refractivity contribution in [3.05, 3.63) is 212 Å². The second kappa shape index (κ2) is 65.1. The van der Waals surface area contributed by atoms with E-state index < -0.39 is 0 Å². The molecule has 13 aliphatic heterocycles. The fourth-order valence-electron chi connectivity index (χ4n) is 30.9. The van der Waals surface area contributed by atoms with Crippen LogP contribution in [0.2, 0.25) is 0 Å². The molecule has 13 saturated heterocycles. The molecule has 0 aromatic heterocycles. The Bertz CT molecular complexity index is 4430. The minimum Gasteiger partial charge on any atom is -0.107 e. The van der Waals surface area contributed by atoms with Gasteiger partial charge < -0.3 is 0 Å². The second-order valence-electron chi connectivity index (χ2n) is 48.5. The lowest BCUT2D eigenvalue weighted by Crippen LogP contribution is -2.29. The molecule has 4 saturated carbocycles. The Morgan fingerprint density at radius 2 is 0.429 bits per heavy atom. The van der Waals surface area contributed by atoms with Crippen molar-refractivity contribution in [2.45, 2.75) is 423 Å². The lowest BCUT2D eigenvalue weighted by Gasteiger charge is -2.43. The molecule has 24 rings (SSSR count). The zero-order chi connectivity index (χ0) is 101. The zero-order valence-electron chi connectivity index (χ0n) is 93.9. The van der Waals surface area contributed by atoms with Crippen molar-refractivity contribution in [3.8, 4) is 0 Å². The average molecular weight is 2270 g/mol. The second-order valence-corrected chi connectivity index (χ2v) is 92.2. The highest BCUT2D eigenvalue weighted by Crippen LogP contribution is 2.72. The van der Waals surface area contributed by atoms with Gasteiger partial charge in [0, 0.05) is 10.8 Å². The first-order valence-electron chi connectivity index (χ1n) is 61.5. The van der Waals surface area contributed by atoms with Gasteiger partial charge in [0.15, 0.2) is 0 Å². The minimum absolute atomic E-state index is 0.0615. The molecule has 0 unspecified atom stereocenters. The fourth-order valence-corrected chi connectivity index (χ4v) is 85.6. The summed E-state index contributed by atoms with van der Waals surface area (Å²) in [5.41, 5.74) is 16.3. The number of rotatable bonds is 22. The third kappa shape index (κ3) is 35.2. The summed E-state index contributed by atoms with van der Waals surface area (Å²) in [6, 6.07) is 78.9. The van der Waals surface area contributed by atoms with Gasteiger partial charge in [-0.15, -0.1) is 79.2 Å². The predicted octanol–water partition coefficient (Wildman–Crippen LogP) is 40.2. The lowest BCUT2D eigenvalue weighted by atomic mass is 9.99. The van der Waals surface area contributed by atoms with Crippen LogP contribution >= 0.6 is 127 Å². The molecule has 7 aromatic carbocycles. The normalized spacial score (nSPS) is 34.3. The summed E-state index contributed by atoms with van der Waals surface area (Å²) >= 11 is 0. The summed E-state index contributed by atoms with van der Waals surface area (Å²) in [4.78, 5) is 0. The van der Waals surface area contributed by atoms with Gasteiger partial charge in [0.1, 0.15) is 0 Å². The van der Waals surface area contributed by atoms with Gasteiger partial charge in [0.05, 0.1) is 0 Å². The van der Waals surface area contributed by atoms with Gasteiger partial charge in [-0.2, -0.15) is 0 Å². The van der Waals surface area contributed by atoms with Crippen LogP contribution in [-0.4, -0.2) is 229 Å². The van der Waals surface area contributed by atoms with Crippen molar-refractivity contribution < 1.29 is 0 Å². The molecule has 7 aromatic rings. The van der Waals surface area contributed by atoms with Gasteiger partial charge >= 0.3 is 0 Å². The van der Waals surface area contributed by atoms with E-state index in [2.05, 4.69) is 266 Å². The molecule has 17 fully saturated rings. The molecule has 0 spiro atoms. The van der Waals surface area contributed by atoms with E-state index in [4.69, 9.17) is 0 Å². The van der Waals surface area contributed by atoms with E-state index >= 15 is 0 Å². The van der Waals surface area contributed by atoms with Crippen molar-refractivity contribution in [3.63, 3.8) is 0 Å². The third-order valence-electron chi connectivity index (χ3n) is 38.9. The van der Waals surface area contributed by atoms with Crippen molar-refractivity contribution in [1.29, 1.82) is 0 Å². The number of benzene rings is 7. The number of hydrogen-bond donors (Lipinski definition) is 0. The van der Waals surface area contributed by atoms with Gasteiger partial charge in [-0.25, -0.2) is 0 Å². The highest BCUT2D eigenvalue weighted by Gasteiger charge is 2.46. The van der Waals surface area contributed by atoms with Crippen LogP contribution < -0.4 is 37.1 Å². The molecule has 4 aliphatic carbocycles. The monoisotopic (exact) mass is 2270 g/mol. The van der Waals surface area contributed by atoms with Crippen LogP contribution in [0.15, 0.2) is 212 Å². The summed E-state index contributed by atoms with van der Waals surface area (Å²) in [5, 5.41) is 14.1. The first-order chi connectivity index (χ1) is 72.3. The van der Waals surface area contributed by atoms with E-state index in [1.165, 1.54) is 205 Å². The van der Waals surface area contributed by atoms with Crippen molar-refractivity contribution in [2.24, 2.45) is 0 Å². The van der Waals surface area contributed by atoms with Crippen molar-refractivity contribution >= 4 is 164 Å². The topological polar surface area (TPSA) is 0 Å². The van der Waals surface area contributed by atoms with Crippen LogP contribution in [0.25, 0.3) is 0 Å². The van der Waals surface area contributed by atoms with Crippen LogP contribution in [0.1, 0.15) is 327 Å². The highest BCUT2D eigenvalue weighted by atomic mass is 31.2. The molecule has 0 bridgehead atoms. The van der Waals surface area contributed by atoms with Crippen LogP contribution in [0.4, 0.5) is 0 Å². The first-order valence-corrected chi connectivity index (χ1v) is 90.3. The van der Waals surface area contributed by atoms with E-state index in [1.54, 1.807) is 313 Å². The van der Waals surface area contributed by atoms with E-state index in [9.17, 15) is 0 Å². The van der Waals surface area contributed by atoms with Gasteiger partial charge in [-0.1, -0.05) is 334 Å². The van der Waals surface area contributed by atoms with Crippen LogP contribution in [0.3, 0.4) is 0 Å². The predicted molar refractivity (Wildman–Crippen MR) is 704 cm³/mol. The molecule has 13 heterocycles. The summed E-state index contributed by atoms with van der Waals surface area (Å²) in [5.74, 6) is 0. The SMILES string of the molecule is C1CCC([P@@]2CCC[C@@H]2C[C@H]2CCC[P@]2C2CCCCC2)CC1.C[P@@]1CCCC[C@@H]1[C@H]1CCCC[P@]1C.C[P@@]1CCC[C@@H]1C[C@H]1CCC[P@]1C.C[P@@]1CCC[C@@H]1P(C1CCCCC1)C1CCCCC1.C[P@@]1CCC[C@@H]1P(c1ccccc1)c1ccccc1.C[P@@]1CCC[C@@H]1[C@H]1CCC[P@]1C.c1ccc(P(c2ccccc2)[C@H]2CCC[P@@]2c2ccccc2)cc1.c1ccc([P@@]2CCC[C@@H]2C[C@H]2CCC[P@@]2c2ccccc2)cc1. The maximum Gasteiger partial charge on any atom is 0.0115 e. The highest BCUT2D eigenvalue weighted by molar-refractivity contribution is 7.87. The van der Waals surface area contributed by atoms with E-state index in [0.717, 1.165) is 22.1 Å². The Morgan fingerprint density at radius 3 is 0.776 bits per heavy atom. The first kappa shape index (κ1) is 119. The molecule has 0 amide bonds. The Balaban J connectivity index is 0.000000116. The Labute approximate surface area is 924 Å². The molecule has 17 aliphatic rings. The third-order valence-corrected chi connectivity index (χ3v) is 91.0. The molecule has 0 nitrogen and oxygen atoms in total. The minimum atomic E-state index is -0.286. The Kier molecular flexibility index (Phi) is 52.8. The smallest absolute Gasteiger partial charge is 0.0115 e. The fraction of sp³-hybridized carbons (Fsp3) is 0.679. The Morgan fingerprint density at radius 1 is 0.184 bits per heavy atom. The van der Waals surface area contributed by atoms with Crippen LogP contribution in [0, 0.1) is 0 Å². The van der Waals surface area contributed by atoms with Crippen LogP contribution in [0.5, 0.6) is 0 Å². The molecule has 16 heteroatoms. The quantitative estimate of drug-likeness (QED) is 0.0594. The molecule has 147 heavy (non-hydrogen) atoms. The lowest BCUT2D eigenvalue weighted by molar-refractivity contribution is 0.483.